The molecule has 1 saturated heterocycles. The molecule has 6 heteroatoms. The standard InChI is InChI=1S/C21H24N4OS/c1-27-14-20-23-18-9-5-6-10-19(18)25(20)13-21(26)24-11-16(17(22)12-24)15-7-3-2-4-8-15/h2-10,16-17H,11-14,22H2,1H3/t16-,17+/m0/s1. The molecule has 3 aromatic rings. The fourth-order valence-electron chi connectivity index (χ4n) is 3.86. The molecule has 2 N–H and O–H groups in total. The van der Waals surface area contributed by atoms with Crippen LogP contribution in [0.4, 0.5) is 0 Å². The highest BCUT2D eigenvalue weighted by atomic mass is 32.2. The number of benzene rings is 2. The number of nitrogens with zero attached hydrogens (tertiary/aromatic N) is 3. The third kappa shape index (κ3) is 3.59. The number of carbonyl (C=O) groups excluding carboxylic acids is 1. The van der Waals surface area contributed by atoms with Crippen LogP contribution in [0.2, 0.25) is 0 Å². The van der Waals surface area contributed by atoms with Gasteiger partial charge in [-0.1, -0.05) is 42.5 Å². The number of likely N-dealkylation sites (tertiary alicyclic amines) is 1. The number of rotatable bonds is 5. The van der Waals surface area contributed by atoms with Crippen molar-refractivity contribution in [2.75, 3.05) is 19.3 Å². The number of aromatic nitrogens is 2. The number of imidazole rings is 1. The first kappa shape index (κ1) is 18.1. The molecule has 2 atom stereocenters. The van der Waals surface area contributed by atoms with Crippen LogP contribution in [0.25, 0.3) is 11.0 Å². The van der Waals surface area contributed by atoms with E-state index >= 15 is 0 Å². The van der Waals surface area contributed by atoms with E-state index in [0.717, 1.165) is 22.6 Å². The van der Waals surface area contributed by atoms with Gasteiger partial charge in [0.1, 0.15) is 12.4 Å². The predicted molar refractivity (Wildman–Crippen MR) is 111 cm³/mol. The molecule has 27 heavy (non-hydrogen) atoms. The monoisotopic (exact) mass is 380 g/mol. The number of hydrogen-bond donors (Lipinski definition) is 1. The van der Waals surface area contributed by atoms with Gasteiger partial charge in [-0.25, -0.2) is 4.98 Å². The van der Waals surface area contributed by atoms with E-state index in [0.29, 0.717) is 19.6 Å². The van der Waals surface area contributed by atoms with Crippen molar-refractivity contribution in [2.45, 2.75) is 24.3 Å². The van der Waals surface area contributed by atoms with Crippen molar-refractivity contribution in [1.82, 2.24) is 14.5 Å². The van der Waals surface area contributed by atoms with Crippen LogP contribution in [0.3, 0.4) is 0 Å². The van der Waals surface area contributed by atoms with Crippen molar-refractivity contribution in [2.24, 2.45) is 5.73 Å². The zero-order valence-corrected chi connectivity index (χ0v) is 16.2. The van der Waals surface area contributed by atoms with Gasteiger partial charge in [-0.2, -0.15) is 11.8 Å². The highest BCUT2D eigenvalue weighted by molar-refractivity contribution is 7.97. The Balaban J connectivity index is 1.55. The maximum Gasteiger partial charge on any atom is 0.242 e. The third-order valence-corrected chi connectivity index (χ3v) is 5.79. The highest BCUT2D eigenvalue weighted by Gasteiger charge is 2.34. The lowest BCUT2D eigenvalue weighted by molar-refractivity contribution is -0.130. The normalized spacial score (nSPS) is 19.7. The molecule has 0 radical (unpaired) electrons. The maximum atomic E-state index is 13.1. The van der Waals surface area contributed by atoms with E-state index in [1.807, 2.05) is 47.4 Å². The molecule has 0 saturated carbocycles. The Bertz CT molecular complexity index is 940. The second kappa shape index (κ2) is 7.74. The summed E-state index contributed by atoms with van der Waals surface area (Å²) < 4.78 is 2.05. The molecule has 5 nitrogen and oxygen atoms in total. The van der Waals surface area contributed by atoms with E-state index in [9.17, 15) is 4.79 Å². The molecule has 0 bridgehead atoms. The fourth-order valence-corrected chi connectivity index (χ4v) is 4.34. The van der Waals surface area contributed by atoms with Crippen molar-refractivity contribution in [3.8, 4) is 0 Å². The molecule has 1 aromatic heterocycles. The minimum absolute atomic E-state index is 0.0263. The van der Waals surface area contributed by atoms with E-state index < -0.39 is 0 Å². The van der Waals surface area contributed by atoms with Crippen LogP contribution < -0.4 is 5.73 Å². The first-order valence-electron chi connectivity index (χ1n) is 9.18. The van der Waals surface area contributed by atoms with Crippen LogP contribution in [-0.2, 0) is 17.1 Å². The Labute approximate surface area is 163 Å². The lowest BCUT2D eigenvalue weighted by Gasteiger charge is -2.18. The van der Waals surface area contributed by atoms with Crippen LogP contribution >= 0.6 is 11.8 Å². The molecule has 0 spiro atoms. The summed E-state index contributed by atoms with van der Waals surface area (Å²) in [6.07, 6.45) is 2.05. The molecule has 1 amide bonds. The molecule has 0 unspecified atom stereocenters. The molecular weight excluding hydrogens is 356 g/mol. The Morgan fingerprint density at radius 3 is 2.67 bits per heavy atom. The molecule has 2 aromatic carbocycles. The summed E-state index contributed by atoms with van der Waals surface area (Å²) in [5.74, 6) is 2.03. The van der Waals surface area contributed by atoms with Gasteiger partial charge in [0.25, 0.3) is 0 Å². The largest absolute Gasteiger partial charge is 0.339 e. The molecule has 140 valence electrons. The Morgan fingerprint density at radius 2 is 1.89 bits per heavy atom. The number of thioether (sulfide) groups is 1. The van der Waals surface area contributed by atoms with Crippen molar-refractivity contribution in [3.63, 3.8) is 0 Å². The third-order valence-electron chi connectivity index (χ3n) is 5.25. The number of hydrogen-bond acceptors (Lipinski definition) is 4. The van der Waals surface area contributed by atoms with Crippen molar-refractivity contribution in [1.29, 1.82) is 0 Å². The second-order valence-corrected chi connectivity index (χ2v) is 7.88. The Hall–Kier alpha value is -2.31. The molecule has 1 aliphatic rings. The number of nitrogens with two attached hydrogens (primary N) is 1. The van der Waals surface area contributed by atoms with E-state index in [2.05, 4.69) is 23.0 Å². The Kier molecular flexibility index (Phi) is 5.18. The number of amides is 1. The smallest absolute Gasteiger partial charge is 0.242 e. The van der Waals surface area contributed by atoms with Gasteiger partial charge in [0.15, 0.2) is 0 Å². The van der Waals surface area contributed by atoms with Crippen LogP contribution in [-0.4, -0.2) is 45.7 Å². The second-order valence-electron chi connectivity index (χ2n) is 7.02. The van der Waals surface area contributed by atoms with Crippen molar-refractivity contribution >= 4 is 28.7 Å². The maximum absolute atomic E-state index is 13.1. The predicted octanol–water partition coefficient (Wildman–Crippen LogP) is 2.85. The number of para-hydroxylation sites is 2. The van der Waals surface area contributed by atoms with E-state index in [1.54, 1.807) is 11.8 Å². The lowest BCUT2D eigenvalue weighted by Crippen LogP contribution is -2.34. The minimum atomic E-state index is -0.0263. The van der Waals surface area contributed by atoms with Crippen LogP contribution in [0.5, 0.6) is 0 Å². The summed E-state index contributed by atoms with van der Waals surface area (Å²) in [5, 5.41) is 0. The summed E-state index contributed by atoms with van der Waals surface area (Å²) >= 11 is 1.71. The first-order chi connectivity index (χ1) is 13.2. The van der Waals surface area contributed by atoms with Gasteiger partial charge < -0.3 is 15.2 Å². The molecule has 4 rings (SSSR count). The molecular formula is C21H24N4OS. The average Bonchev–Trinajstić information content (AvgIpc) is 3.24. The van der Waals surface area contributed by atoms with Crippen LogP contribution in [0, 0.1) is 0 Å². The minimum Gasteiger partial charge on any atom is -0.339 e. The van der Waals surface area contributed by atoms with E-state index in [-0.39, 0.29) is 17.9 Å². The zero-order chi connectivity index (χ0) is 18.8. The quantitative estimate of drug-likeness (QED) is 0.739. The van der Waals surface area contributed by atoms with Gasteiger partial charge in [-0.15, -0.1) is 0 Å². The molecule has 1 fully saturated rings. The van der Waals surface area contributed by atoms with Crippen molar-refractivity contribution < 1.29 is 4.79 Å². The molecule has 1 aliphatic heterocycles. The summed E-state index contributed by atoms with van der Waals surface area (Å²) in [6.45, 7) is 1.59. The Morgan fingerprint density at radius 1 is 1.15 bits per heavy atom. The van der Waals surface area contributed by atoms with Crippen LogP contribution in [0.15, 0.2) is 54.6 Å². The van der Waals surface area contributed by atoms with E-state index in [4.69, 9.17) is 10.7 Å². The molecule has 0 aliphatic carbocycles. The lowest BCUT2D eigenvalue weighted by atomic mass is 9.95. The van der Waals surface area contributed by atoms with Gasteiger partial charge in [0.05, 0.1) is 16.8 Å². The van der Waals surface area contributed by atoms with Gasteiger partial charge in [-0.05, 0) is 24.0 Å². The number of fused-ring (bicyclic) bond motifs is 1. The summed E-state index contributed by atoms with van der Waals surface area (Å²) in [5.41, 5.74) is 9.52. The summed E-state index contributed by atoms with van der Waals surface area (Å²) in [7, 11) is 0. The van der Waals surface area contributed by atoms with Crippen LogP contribution in [0.1, 0.15) is 17.3 Å². The van der Waals surface area contributed by atoms with Gasteiger partial charge in [0.2, 0.25) is 5.91 Å². The summed E-state index contributed by atoms with van der Waals surface area (Å²) in [4.78, 5) is 19.7. The SMILES string of the molecule is CSCc1nc2ccccc2n1CC(=O)N1C[C@@H](N)[C@H](c2ccccc2)C1. The summed E-state index contributed by atoms with van der Waals surface area (Å²) in [6, 6.07) is 18.2. The fraction of sp³-hybridized carbons (Fsp3) is 0.333. The average molecular weight is 381 g/mol. The molecule has 2 heterocycles. The highest BCUT2D eigenvalue weighted by Crippen LogP contribution is 2.27. The zero-order valence-electron chi connectivity index (χ0n) is 15.4. The van der Waals surface area contributed by atoms with E-state index in [1.165, 1.54) is 5.56 Å². The van der Waals surface area contributed by atoms with Gasteiger partial charge in [-0.3, -0.25) is 4.79 Å². The number of carbonyl (C=O) groups is 1. The van der Waals surface area contributed by atoms with Gasteiger partial charge >= 0.3 is 0 Å². The topological polar surface area (TPSA) is 64.2 Å². The van der Waals surface area contributed by atoms with Crippen molar-refractivity contribution in [3.05, 3.63) is 66.0 Å². The van der Waals surface area contributed by atoms with Gasteiger partial charge in [0, 0.05) is 25.0 Å². The first-order valence-corrected chi connectivity index (χ1v) is 10.6.